The Balaban J connectivity index is 2.10. The zero-order valence-corrected chi connectivity index (χ0v) is 13.5. The minimum absolute atomic E-state index is 0.105. The maximum atomic E-state index is 12.1. The summed E-state index contributed by atoms with van der Waals surface area (Å²) in [6.45, 7) is 4.45. The Morgan fingerprint density at radius 3 is 2.95 bits per heavy atom. The summed E-state index contributed by atoms with van der Waals surface area (Å²) in [5.41, 5.74) is 1.24. The molecule has 0 amide bonds. The van der Waals surface area contributed by atoms with Crippen LogP contribution in [0.5, 0.6) is 0 Å². The highest BCUT2D eigenvalue weighted by molar-refractivity contribution is 7.13. The van der Waals surface area contributed by atoms with E-state index in [9.17, 15) is 4.79 Å². The maximum Gasteiger partial charge on any atom is 0.272 e. The number of hydrogen-bond acceptors (Lipinski definition) is 6. The molecule has 3 heterocycles. The maximum absolute atomic E-state index is 12.1. The monoisotopic (exact) mass is 345 g/mol. The van der Waals surface area contributed by atoms with Crippen LogP contribution in [0.2, 0.25) is 10.2 Å². The lowest BCUT2D eigenvalue weighted by molar-refractivity contribution is 0.497. The van der Waals surface area contributed by atoms with E-state index in [0.717, 1.165) is 19.6 Å². The standard InChI is InChI=1S/C12H13Cl2N5OS/c1-6-4-15-2-3-19(6)11-7(13)12(20)18-10(17-11)8-9(14)16-5-21-8/h5-6,15H,2-4H2,1H3,(H,17,18,20). The quantitative estimate of drug-likeness (QED) is 0.870. The van der Waals surface area contributed by atoms with E-state index in [0.29, 0.717) is 21.7 Å². The number of nitrogens with one attached hydrogen (secondary N) is 2. The van der Waals surface area contributed by atoms with Crippen LogP contribution in [0.25, 0.3) is 10.7 Å². The average Bonchev–Trinajstić information content (AvgIpc) is 2.89. The molecule has 1 atom stereocenters. The fourth-order valence-corrected chi connectivity index (χ4v) is 3.44. The van der Waals surface area contributed by atoms with Gasteiger partial charge in [0.15, 0.2) is 16.8 Å². The predicted molar refractivity (Wildman–Crippen MR) is 85.7 cm³/mol. The molecule has 0 aliphatic carbocycles. The molecule has 6 nitrogen and oxygen atoms in total. The minimum atomic E-state index is -0.369. The van der Waals surface area contributed by atoms with E-state index >= 15 is 0 Å². The van der Waals surface area contributed by atoms with Gasteiger partial charge >= 0.3 is 0 Å². The first kappa shape index (κ1) is 14.8. The summed E-state index contributed by atoms with van der Waals surface area (Å²) in [4.78, 5) is 25.9. The lowest BCUT2D eigenvalue weighted by atomic mass is 10.2. The zero-order valence-electron chi connectivity index (χ0n) is 11.2. The van der Waals surface area contributed by atoms with Crippen LogP contribution in [0.3, 0.4) is 0 Å². The molecule has 1 aliphatic heterocycles. The van der Waals surface area contributed by atoms with Crippen LogP contribution < -0.4 is 15.8 Å². The molecule has 2 aromatic rings. The molecule has 3 rings (SSSR count). The number of aromatic amines is 1. The van der Waals surface area contributed by atoms with Crippen molar-refractivity contribution in [3.05, 3.63) is 26.0 Å². The lowest BCUT2D eigenvalue weighted by Crippen LogP contribution is -2.50. The molecule has 112 valence electrons. The van der Waals surface area contributed by atoms with Gasteiger partial charge in [-0.05, 0) is 6.92 Å². The van der Waals surface area contributed by atoms with Crippen LogP contribution in [-0.4, -0.2) is 40.6 Å². The van der Waals surface area contributed by atoms with E-state index in [1.165, 1.54) is 11.3 Å². The molecule has 21 heavy (non-hydrogen) atoms. The number of thiazole rings is 1. The van der Waals surface area contributed by atoms with Gasteiger partial charge in [-0.15, -0.1) is 11.3 Å². The van der Waals surface area contributed by atoms with Crippen molar-refractivity contribution in [1.82, 2.24) is 20.3 Å². The molecular weight excluding hydrogens is 333 g/mol. The first-order chi connectivity index (χ1) is 10.1. The Hall–Kier alpha value is -1.15. The highest BCUT2D eigenvalue weighted by Gasteiger charge is 2.24. The molecule has 2 aromatic heterocycles. The van der Waals surface area contributed by atoms with Gasteiger partial charge in [0.25, 0.3) is 5.56 Å². The number of halogens is 2. The van der Waals surface area contributed by atoms with E-state index in [1.807, 2.05) is 4.90 Å². The second-order valence-corrected chi connectivity index (χ2v) is 6.36. The molecule has 0 aromatic carbocycles. The highest BCUT2D eigenvalue weighted by Crippen LogP contribution is 2.31. The van der Waals surface area contributed by atoms with Gasteiger partial charge in [0, 0.05) is 25.7 Å². The topological polar surface area (TPSA) is 73.9 Å². The zero-order chi connectivity index (χ0) is 15.0. The van der Waals surface area contributed by atoms with Crippen molar-refractivity contribution in [3.63, 3.8) is 0 Å². The van der Waals surface area contributed by atoms with Crippen LogP contribution in [0.1, 0.15) is 6.92 Å². The lowest BCUT2D eigenvalue weighted by Gasteiger charge is -2.35. The number of H-pyrrole nitrogens is 1. The second-order valence-electron chi connectivity index (χ2n) is 4.77. The molecule has 1 aliphatic rings. The Morgan fingerprint density at radius 2 is 2.29 bits per heavy atom. The van der Waals surface area contributed by atoms with Gasteiger partial charge in [-0.1, -0.05) is 23.2 Å². The first-order valence-electron chi connectivity index (χ1n) is 6.44. The molecule has 0 saturated carbocycles. The molecule has 1 saturated heterocycles. The fraction of sp³-hybridized carbons (Fsp3) is 0.417. The van der Waals surface area contributed by atoms with E-state index in [4.69, 9.17) is 23.2 Å². The normalized spacial score (nSPS) is 19.0. The third kappa shape index (κ3) is 2.78. The number of hydrogen-bond donors (Lipinski definition) is 2. The molecule has 1 unspecified atom stereocenters. The van der Waals surface area contributed by atoms with E-state index in [1.54, 1.807) is 5.51 Å². The van der Waals surface area contributed by atoms with Gasteiger partial charge in [-0.2, -0.15) is 0 Å². The van der Waals surface area contributed by atoms with E-state index < -0.39 is 0 Å². The first-order valence-corrected chi connectivity index (χ1v) is 8.08. The van der Waals surface area contributed by atoms with Crippen molar-refractivity contribution >= 4 is 40.4 Å². The largest absolute Gasteiger partial charge is 0.350 e. The van der Waals surface area contributed by atoms with Gasteiger partial charge in [0.1, 0.15) is 9.90 Å². The molecular formula is C12H13Cl2N5OS. The van der Waals surface area contributed by atoms with Gasteiger partial charge in [0.2, 0.25) is 0 Å². The van der Waals surface area contributed by atoms with E-state index in [-0.39, 0.29) is 16.6 Å². The van der Waals surface area contributed by atoms with Crippen molar-refractivity contribution in [2.24, 2.45) is 0 Å². The van der Waals surface area contributed by atoms with Crippen molar-refractivity contribution in [1.29, 1.82) is 0 Å². The summed E-state index contributed by atoms with van der Waals surface area (Å²) < 4.78 is 0. The molecule has 0 radical (unpaired) electrons. The molecule has 2 N–H and O–H groups in total. The molecule has 9 heteroatoms. The number of nitrogens with zero attached hydrogens (tertiary/aromatic N) is 3. The smallest absolute Gasteiger partial charge is 0.272 e. The Bertz CT molecular complexity index is 716. The van der Waals surface area contributed by atoms with Crippen molar-refractivity contribution in [2.75, 3.05) is 24.5 Å². The average molecular weight is 346 g/mol. The fourth-order valence-electron chi connectivity index (χ4n) is 2.29. The Labute approximate surface area is 135 Å². The second kappa shape index (κ2) is 5.92. The summed E-state index contributed by atoms with van der Waals surface area (Å²) in [5.74, 6) is 0.895. The third-order valence-corrected chi connectivity index (χ3v) is 4.93. The number of aromatic nitrogens is 3. The van der Waals surface area contributed by atoms with Crippen molar-refractivity contribution in [2.45, 2.75) is 13.0 Å². The molecule has 0 bridgehead atoms. The van der Waals surface area contributed by atoms with Crippen molar-refractivity contribution < 1.29 is 0 Å². The Kier molecular flexibility index (Phi) is 4.17. The third-order valence-electron chi connectivity index (χ3n) is 3.36. The van der Waals surface area contributed by atoms with Crippen LogP contribution >= 0.6 is 34.5 Å². The summed E-state index contributed by atoms with van der Waals surface area (Å²) in [5, 5.41) is 3.72. The number of rotatable bonds is 2. The molecule has 1 fully saturated rings. The van der Waals surface area contributed by atoms with Crippen LogP contribution in [-0.2, 0) is 0 Å². The number of piperazine rings is 1. The SMILES string of the molecule is CC1CNCCN1c1nc(-c2scnc2Cl)[nH]c(=O)c1Cl. The highest BCUT2D eigenvalue weighted by atomic mass is 35.5. The molecule has 0 spiro atoms. The predicted octanol–water partition coefficient (Wildman–Crippen LogP) is 2.00. The van der Waals surface area contributed by atoms with Gasteiger partial charge < -0.3 is 15.2 Å². The summed E-state index contributed by atoms with van der Waals surface area (Å²) in [6, 6.07) is 0.204. The van der Waals surface area contributed by atoms with Gasteiger partial charge in [0.05, 0.1) is 5.51 Å². The van der Waals surface area contributed by atoms with Crippen LogP contribution in [0, 0.1) is 0 Å². The van der Waals surface area contributed by atoms with Crippen LogP contribution in [0.4, 0.5) is 5.82 Å². The van der Waals surface area contributed by atoms with Gasteiger partial charge in [-0.3, -0.25) is 4.79 Å². The Morgan fingerprint density at radius 1 is 1.48 bits per heavy atom. The van der Waals surface area contributed by atoms with E-state index in [2.05, 4.69) is 27.2 Å². The minimum Gasteiger partial charge on any atom is -0.350 e. The summed E-state index contributed by atoms with van der Waals surface area (Å²) >= 11 is 13.5. The summed E-state index contributed by atoms with van der Waals surface area (Å²) in [6.07, 6.45) is 0. The summed E-state index contributed by atoms with van der Waals surface area (Å²) in [7, 11) is 0. The van der Waals surface area contributed by atoms with Crippen LogP contribution in [0.15, 0.2) is 10.3 Å². The van der Waals surface area contributed by atoms with Crippen molar-refractivity contribution in [3.8, 4) is 10.7 Å². The van der Waals surface area contributed by atoms with Gasteiger partial charge in [-0.25, -0.2) is 9.97 Å². The number of anilines is 1.